The van der Waals surface area contributed by atoms with Gasteiger partial charge in [-0.1, -0.05) is 6.07 Å². The highest BCUT2D eigenvalue weighted by molar-refractivity contribution is 5.95. The van der Waals surface area contributed by atoms with Crippen molar-refractivity contribution in [1.29, 1.82) is 0 Å². The molecule has 0 aliphatic carbocycles. The molecular weight excluding hydrogens is 376 g/mol. The Labute approximate surface area is 168 Å². The van der Waals surface area contributed by atoms with Gasteiger partial charge in [-0.25, -0.2) is 0 Å². The first-order chi connectivity index (χ1) is 14.0. The van der Waals surface area contributed by atoms with E-state index in [2.05, 4.69) is 4.98 Å². The predicted molar refractivity (Wildman–Crippen MR) is 104 cm³/mol. The number of hydrogen-bond acceptors (Lipinski definition) is 7. The highest BCUT2D eigenvalue weighted by Crippen LogP contribution is 2.26. The number of hydrogen-bond donors (Lipinski definition) is 2. The van der Waals surface area contributed by atoms with Crippen LogP contribution in [-0.4, -0.2) is 64.7 Å². The quantitative estimate of drug-likeness (QED) is 0.684. The third kappa shape index (κ3) is 4.72. The fraction of sp³-hybridized carbons (Fsp3) is 0.381. The number of amides is 1. The van der Waals surface area contributed by atoms with Crippen molar-refractivity contribution in [3.63, 3.8) is 0 Å². The minimum Gasteiger partial charge on any atom is -0.507 e. The van der Waals surface area contributed by atoms with Crippen molar-refractivity contribution < 1.29 is 29.3 Å². The van der Waals surface area contributed by atoms with Crippen LogP contribution in [0.4, 0.5) is 0 Å². The number of aliphatic hydroxyl groups is 1. The maximum absolute atomic E-state index is 13.1. The molecule has 3 rings (SSSR count). The molecule has 0 saturated carbocycles. The normalized spacial score (nSPS) is 17.6. The van der Waals surface area contributed by atoms with Crippen molar-refractivity contribution >= 4 is 12.2 Å². The number of phenolic OH excluding ortho intramolecular Hbond substituents is 1. The van der Waals surface area contributed by atoms with Crippen LogP contribution in [0.3, 0.4) is 0 Å². The molecule has 1 fully saturated rings. The maximum atomic E-state index is 13.1. The van der Waals surface area contributed by atoms with Gasteiger partial charge in [-0.15, -0.1) is 0 Å². The van der Waals surface area contributed by atoms with E-state index in [0.717, 1.165) is 0 Å². The summed E-state index contributed by atoms with van der Waals surface area (Å²) in [5.74, 6) is -0.0657. The molecule has 0 bridgehead atoms. The number of pyridine rings is 1. The zero-order valence-corrected chi connectivity index (χ0v) is 16.2. The summed E-state index contributed by atoms with van der Waals surface area (Å²) < 4.78 is 11.2. The van der Waals surface area contributed by atoms with E-state index in [4.69, 9.17) is 9.47 Å². The molecule has 1 aromatic carbocycles. The lowest BCUT2D eigenvalue weighted by atomic mass is 10.1. The summed E-state index contributed by atoms with van der Waals surface area (Å²) in [6, 6.07) is 7.71. The Kier molecular flexibility index (Phi) is 6.79. The van der Waals surface area contributed by atoms with Crippen LogP contribution in [0.5, 0.6) is 11.5 Å². The molecule has 8 heteroatoms. The number of aromatic nitrogens is 1. The third-order valence-electron chi connectivity index (χ3n) is 4.82. The minimum absolute atomic E-state index is 0.0947. The lowest BCUT2D eigenvalue weighted by molar-refractivity contribution is -0.00766. The van der Waals surface area contributed by atoms with Crippen molar-refractivity contribution in [2.45, 2.75) is 25.5 Å². The van der Waals surface area contributed by atoms with Crippen molar-refractivity contribution in [2.24, 2.45) is 0 Å². The zero-order chi connectivity index (χ0) is 20.8. The number of ether oxygens (including phenoxy) is 2. The summed E-state index contributed by atoms with van der Waals surface area (Å²) in [5, 5.41) is 19.7. The Morgan fingerprint density at radius 1 is 1.41 bits per heavy atom. The third-order valence-corrected chi connectivity index (χ3v) is 4.82. The molecule has 1 saturated heterocycles. The lowest BCUT2D eigenvalue weighted by Crippen LogP contribution is -2.49. The molecule has 1 aromatic heterocycles. The molecule has 1 aliphatic rings. The molecule has 0 spiro atoms. The number of benzene rings is 1. The van der Waals surface area contributed by atoms with Gasteiger partial charge in [0.2, 0.25) is 0 Å². The average molecular weight is 400 g/mol. The van der Waals surface area contributed by atoms with E-state index in [-0.39, 0.29) is 29.9 Å². The van der Waals surface area contributed by atoms with Crippen molar-refractivity contribution in [3.8, 4) is 11.5 Å². The lowest BCUT2D eigenvalue weighted by Gasteiger charge is -2.36. The first-order valence-electron chi connectivity index (χ1n) is 9.44. The van der Waals surface area contributed by atoms with Crippen LogP contribution in [-0.2, 0) is 4.74 Å². The van der Waals surface area contributed by atoms with E-state index in [1.165, 1.54) is 6.07 Å². The van der Waals surface area contributed by atoms with Crippen LogP contribution >= 0.6 is 0 Å². The van der Waals surface area contributed by atoms with Gasteiger partial charge in [-0.2, -0.15) is 0 Å². The minimum atomic E-state index is -0.856. The highest BCUT2D eigenvalue weighted by Gasteiger charge is 2.30. The number of morpholine rings is 1. The molecule has 0 radical (unpaired) electrons. The molecular formula is C21H24N2O6. The number of aliphatic hydroxyl groups excluding tert-OH is 1. The highest BCUT2D eigenvalue weighted by atomic mass is 16.5. The van der Waals surface area contributed by atoms with E-state index in [1.54, 1.807) is 42.3 Å². The van der Waals surface area contributed by atoms with Gasteiger partial charge in [0, 0.05) is 19.2 Å². The number of aromatic hydroxyl groups is 1. The monoisotopic (exact) mass is 400 g/mol. The zero-order valence-electron chi connectivity index (χ0n) is 16.2. The summed E-state index contributed by atoms with van der Waals surface area (Å²) in [6.45, 7) is 3.01. The van der Waals surface area contributed by atoms with Gasteiger partial charge in [-0.05, 0) is 31.2 Å². The topological polar surface area (TPSA) is 109 Å². The van der Waals surface area contributed by atoms with Crippen LogP contribution in [0.1, 0.15) is 45.9 Å². The van der Waals surface area contributed by atoms with Crippen LogP contribution in [0.25, 0.3) is 0 Å². The van der Waals surface area contributed by atoms with E-state index < -0.39 is 6.10 Å². The number of rotatable bonds is 7. The molecule has 1 aliphatic heterocycles. The predicted octanol–water partition coefficient (Wildman–Crippen LogP) is 1.96. The summed E-state index contributed by atoms with van der Waals surface area (Å²) in [5.41, 5.74) is 0.804. The Bertz CT molecular complexity index is 870. The number of carbonyl (C=O) groups is 2. The second-order valence-corrected chi connectivity index (χ2v) is 6.78. The van der Waals surface area contributed by atoms with Gasteiger partial charge in [0.1, 0.15) is 11.5 Å². The van der Waals surface area contributed by atoms with Crippen LogP contribution in [0.2, 0.25) is 0 Å². The van der Waals surface area contributed by atoms with Gasteiger partial charge < -0.3 is 24.6 Å². The average Bonchev–Trinajstić information content (AvgIpc) is 2.73. The van der Waals surface area contributed by atoms with E-state index in [9.17, 15) is 19.8 Å². The molecule has 2 atom stereocenters. The second kappa shape index (κ2) is 9.49. The summed E-state index contributed by atoms with van der Waals surface area (Å²) in [4.78, 5) is 30.1. The summed E-state index contributed by atoms with van der Waals surface area (Å²) >= 11 is 0. The number of phenols is 1. The second-order valence-electron chi connectivity index (χ2n) is 6.78. The van der Waals surface area contributed by atoms with Gasteiger partial charge in [0.05, 0.1) is 48.8 Å². The maximum Gasteiger partial charge on any atom is 0.256 e. The molecule has 2 N–H and O–H groups in total. The van der Waals surface area contributed by atoms with Gasteiger partial charge in [0.25, 0.3) is 5.91 Å². The summed E-state index contributed by atoms with van der Waals surface area (Å²) in [7, 11) is 0. The van der Waals surface area contributed by atoms with Crippen molar-refractivity contribution in [2.75, 3.05) is 26.4 Å². The van der Waals surface area contributed by atoms with Crippen LogP contribution < -0.4 is 4.74 Å². The first kappa shape index (κ1) is 20.8. The molecule has 1 amide bonds. The fourth-order valence-corrected chi connectivity index (χ4v) is 3.33. The van der Waals surface area contributed by atoms with Crippen molar-refractivity contribution in [1.82, 2.24) is 9.88 Å². The molecule has 8 nitrogen and oxygen atoms in total. The molecule has 154 valence electrons. The standard InChI is InChI=1S/C21H24N2O6/c1-14(25)20-16(4-3-8-22-20)21(27)23-9-11-28-13-15(23)7-10-29-19-6-2-5-18(26)17(19)12-24/h2-6,8,12,14-15,25-26H,7,9-11,13H2,1H3/t14-,15+/m0/s1. The van der Waals surface area contributed by atoms with Gasteiger partial charge >= 0.3 is 0 Å². The van der Waals surface area contributed by atoms with E-state index in [1.807, 2.05) is 0 Å². The Balaban J connectivity index is 1.70. The fourth-order valence-electron chi connectivity index (χ4n) is 3.33. The SMILES string of the molecule is C[C@H](O)c1ncccc1C(=O)N1CCOC[C@H]1CCOc1cccc(O)c1C=O. The molecule has 29 heavy (non-hydrogen) atoms. The van der Waals surface area contributed by atoms with Crippen LogP contribution in [0, 0.1) is 0 Å². The Hall–Kier alpha value is -2.97. The number of nitrogens with zero attached hydrogens (tertiary/aromatic N) is 2. The van der Waals surface area contributed by atoms with E-state index >= 15 is 0 Å². The van der Waals surface area contributed by atoms with E-state index in [0.29, 0.717) is 49.5 Å². The number of carbonyl (C=O) groups excluding carboxylic acids is 2. The Morgan fingerprint density at radius 2 is 2.24 bits per heavy atom. The summed E-state index contributed by atoms with van der Waals surface area (Å²) in [6.07, 6.45) is 1.71. The van der Waals surface area contributed by atoms with Gasteiger partial charge in [-0.3, -0.25) is 14.6 Å². The largest absolute Gasteiger partial charge is 0.507 e. The van der Waals surface area contributed by atoms with Crippen LogP contribution in [0.15, 0.2) is 36.5 Å². The molecule has 0 unspecified atom stereocenters. The molecule has 2 aromatic rings. The van der Waals surface area contributed by atoms with Gasteiger partial charge in [0.15, 0.2) is 6.29 Å². The first-order valence-corrected chi connectivity index (χ1v) is 9.44. The number of aldehydes is 1. The smallest absolute Gasteiger partial charge is 0.256 e. The Morgan fingerprint density at radius 3 is 3.00 bits per heavy atom. The molecule has 2 heterocycles. The van der Waals surface area contributed by atoms with Crippen molar-refractivity contribution in [3.05, 3.63) is 53.3 Å².